The molecular formula is C9H16N2O4. The van der Waals surface area contributed by atoms with E-state index in [1.165, 1.54) is 0 Å². The van der Waals surface area contributed by atoms with Crippen LogP contribution in [0.2, 0.25) is 0 Å². The highest BCUT2D eigenvalue weighted by atomic mass is 16.4. The van der Waals surface area contributed by atoms with Gasteiger partial charge in [0.05, 0.1) is 0 Å². The molecule has 86 valence electrons. The summed E-state index contributed by atoms with van der Waals surface area (Å²) in [4.78, 5) is 21.2. The summed E-state index contributed by atoms with van der Waals surface area (Å²) in [6, 6.07) is 0.0567. The second-order valence-corrected chi connectivity index (χ2v) is 3.72. The molecule has 2 amide bonds. The Morgan fingerprint density at radius 2 is 1.53 bits per heavy atom. The Bertz CT molecular complexity index is 236. The van der Waals surface area contributed by atoms with Gasteiger partial charge in [0.15, 0.2) is 0 Å². The summed E-state index contributed by atoms with van der Waals surface area (Å²) in [5.41, 5.74) is 0. The first-order valence-electron chi connectivity index (χ1n) is 5.01. The molecule has 1 saturated carbocycles. The lowest BCUT2D eigenvalue weighted by molar-refractivity contribution is -0.124. The van der Waals surface area contributed by atoms with Crippen LogP contribution in [0.4, 0.5) is 4.79 Å². The Balaban J connectivity index is 2.23. The van der Waals surface area contributed by atoms with Gasteiger partial charge in [0, 0.05) is 12.1 Å². The van der Waals surface area contributed by atoms with Crippen molar-refractivity contribution in [2.24, 2.45) is 0 Å². The number of hydrogen-bond donors (Lipinski definition) is 4. The van der Waals surface area contributed by atoms with Crippen molar-refractivity contribution < 1.29 is 19.8 Å². The Kier molecular flexibility index (Phi) is 4.36. The predicted octanol–water partition coefficient (Wildman–Crippen LogP) is -0.326. The molecule has 6 heteroatoms. The summed E-state index contributed by atoms with van der Waals surface area (Å²) in [7, 11) is 0. The summed E-state index contributed by atoms with van der Waals surface area (Å²) in [6.07, 6.45) is 1.94. The molecule has 0 aromatic carbocycles. The van der Waals surface area contributed by atoms with Crippen LogP contribution in [-0.2, 0) is 4.79 Å². The van der Waals surface area contributed by atoms with Crippen molar-refractivity contribution in [2.45, 2.75) is 37.8 Å². The number of carboxylic acid groups (broad SMARTS) is 1. The molecule has 1 rings (SSSR count). The average molecular weight is 216 g/mol. The molecule has 0 aliphatic heterocycles. The zero-order valence-electron chi connectivity index (χ0n) is 8.40. The molecular weight excluding hydrogens is 200 g/mol. The maximum atomic E-state index is 10.9. The molecule has 0 atom stereocenters. The highest BCUT2D eigenvalue weighted by Crippen LogP contribution is 2.18. The van der Waals surface area contributed by atoms with Gasteiger partial charge in [-0.3, -0.25) is 4.79 Å². The molecule has 0 bridgehead atoms. The molecule has 0 saturated heterocycles. The number of nitrogens with one attached hydrogen (secondary N) is 2. The SMILES string of the molecule is O=C(O)N[C@H]1CC[C@H](NC(=O)CO)CC1. The minimum absolute atomic E-state index is 0.00946. The number of rotatable bonds is 3. The van der Waals surface area contributed by atoms with E-state index in [9.17, 15) is 9.59 Å². The zero-order chi connectivity index (χ0) is 11.3. The Hall–Kier alpha value is -1.30. The van der Waals surface area contributed by atoms with Gasteiger partial charge in [-0.25, -0.2) is 4.79 Å². The smallest absolute Gasteiger partial charge is 0.404 e. The minimum atomic E-state index is -1.00. The van der Waals surface area contributed by atoms with Crippen LogP contribution in [0.3, 0.4) is 0 Å². The Morgan fingerprint density at radius 3 is 1.93 bits per heavy atom. The highest BCUT2D eigenvalue weighted by molar-refractivity contribution is 5.77. The van der Waals surface area contributed by atoms with Gasteiger partial charge in [0.25, 0.3) is 0 Å². The number of carbonyl (C=O) groups excluding carboxylic acids is 1. The van der Waals surface area contributed by atoms with Crippen LogP contribution in [0.25, 0.3) is 0 Å². The quantitative estimate of drug-likeness (QED) is 0.519. The molecule has 0 aromatic heterocycles. The number of aliphatic hydroxyl groups excluding tert-OH is 1. The normalized spacial score (nSPS) is 25.7. The Morgan fingerprint density at radius 1 is 1.07 bits per heavy atom. The van der Waals surface area contributed by atoms with Gasteiger partial charge in [-0.15, -0.1) is 0 Å². The van der Waals surface area contributed by atoms with Gasteiger partial charge in [-0.2, -0.15) is 0 Å². The van der Waals surface area contributed by atoms with Gasteiger partial charge in [0.2, 0.25) is 5.91 Å². The lowest BCUT2D eigenvalue weighted by Gasteiger charge is -2.28. The molecule has 4 N–H and O–H groups in total. The van der Waals surface area contributed by atoms with Crippen molar-refractivity contribution in [3.63, 3.8) is 0 Å². The van der Waals surface area contributed by atoms with Crippen molar-refractivity contribution in [1.29, 1.82) is 0 Å². The van der Waals surface area contributed by atoms with Crippen LogP contribution in [0.1, 0.15) is 25.7 Å². The second-order valence-electron chi connectivity index (χ2n) is 3.72. The maximum Gasteiger partial charge on any atom is 0.404 e. The topological polar surface area (TPSA) is 98.7 Å². The van der Waals surface area contributed by atoms with Gasteiger partial charge in [0.1, 0.15) is 6.61 Å². The first-order chi connectivity index (χ1) is 7.11. The molecule has 6 nitrogen and oxygen atoms in total. The fourth-order valence-electron chi connectivity index (χ4n) is 1.83. The standard InChI is InChI=1S/C9H16N2O4/c12-5-8(13)10-6-1-3-7(4-2-6)11-9(14)15/h6-7,11-12H,1-5H2,(H,10,13)(H,14,15)/t6-,7-. The number of carbonyl (C=O) groups is 2. The van der Waals surface area contributed by atoms with E-state index in [1.54, 1.807) is 0 Å². The fourth-order valence-corrected chi connectivity index (χ4v) is 1.83. The summed E-state index contributed by atoms with van der Waals surface area (Å²) >= 11 is 0. The molecule has 1 fully saturated rings. The average Bonchev–Trinajstić information content (AvgIpc) is 2.20. The maximum absolute atomic E-state index is 10.9. The molecule has 0 radical (unpaired) electrons. The van der Waals surface area contributed by atoms with E-state index in [-0.39, 0.29) is 18.0 Å². The third-order valence-corrected chi connectivity index (χ3v) is 2.56. The van der Waals surface area contributed by atoms with E-state index in [2.05, 4.69) is 10.6 Å². The monoisotopic (exact) mass is 216 g/mol. The molecule has 1 aliphatic rings. The van der Waals surface area contributed by atoms with Gasteiger partial charge in [-0.1, -0.05) is 0 Å². The van der Waals surface area contributed by atoms with E-state index >= 15 is 0 Å². The van der Waals surface area contributed by atoms with E-state index in [0.29, 0.717) is 0 Å². The van der Waals surface area contributed by atoms with Crippen molar-refractivity contribution in [3.8, 4) is 0 Å². The first-order valence-corrected chi connectivity index (χ1v) is 5.01. The summed E-state index contributed by atoms with van der Waals surface area (Å²) < 4.78 is 0. The van der Waals surface area contributed by atoms with Crippen LogP contribution in [0.15, 0.2) is 0 Å². The van der Waals surface area contributed by atoms with Crippen molar-refractivity contribution in [3.05, 3.63) is 0 Å². The van der Waals surface area contributed by atoms with Crippen LogP contribution in [-0.4, -0.2) is 40.9 Å². The summed E-state index contributed by atoms with van der Waals surface area (Å²) in [5, 5.41) is 22.1. The molecule has 1 aliphatic carbocycles. The lowest BCUT2D eigenvalue weighted by atomic mass is 9.91. The first kappa shape index (κ1) is 11.8. The molecule has 15 heavy (non-hydrogen) atoms. The number of amides is 2. The third kappa shape index (κ3) is 4.16. The summed E-state index contributed by atoms with van der Waals surface area (Å²) in [6.45, 7) is -0.493. The van der Waals surface area contributed by atoms with Crippen LogP contribution in [0.5, 0.6) is 0 Å². The van der Waals surface area contributed by atoms with Crippen molar-refractivity contribution in [1.82, 2.24) is 10.6 Å². The van der Waals surface area contributed by atoms with E-state index in [4.69, 9.17) is 10.2 Å². The van der Waals surface area contributed by atoms with Crippen LogP contribution in [0, 0.1) is 0 Å². The largest absolute Gasteiger partial charge is 0.465 e. The van der Waals surface area contributed by atoms with Gasteiger partial charge >= 0.3 is 6.09 Å². The van der Waals surface area contributed by atoms with Crippen LogP contribution < -0.4 is 10.6 Å². The highest BCUT2D eigenvalue weighted by Gasteiger charge is 2.22. The molecule has 0 aromatic rings. The van der Waals surface area contributed by atoms with E-state index in [1.807, 2.05) is 0 Å². The summed E-state index contributed by atoms with van der Waals surface area (Å²) in [5.74, 6) is -0.371. The predicted molar refractivity (Wildman–Crippen MR) is 52.4 cm³/mol. The zero-order valence-corrected chi connectivity index (χ0v) is 8.40. The lowest BCUT2D eigenvalue weighted by Crippen LogP contribution is -2.44. The Labute approximate surface area is 87.7 Å². The van der Waals surface area contributed by atoms with Crippen molar-refractivity contribution in [2.75, 3.05) is 6.61 Å². The second kappa shape index (κ2) is 5.55. The van der Waals surface area contributed by atoms with E-state index < -0.39 is 12.7 Å². The van der Waals surface area contributed by atoms with Gasteiger partial charge in [-0.05, 0) is 25.7 Å². The number of hydrogen-bond acceptors (Lipinski definition) is 3. The molecule has 0 heterocycles. The number of aliphatic hydroxyl groups is 1. The van der Waals surface area contributed by atoms with Crippen LogP contribution >= 0.6 is 0 Å². The third-order valence-electron chi connectivity index (χ3n) is 2.56. The fraction of sp³-hybridized carbons (Fsp3) is 0.778. The minimum Gasteiger partial charge on any atom is -0.465 e. The molecule has 0 spiro atoms. The van der Waals surface area contributed by atoms with E-state index in [0.717, 1.165) is 25.7 Å². The van der Waals surface area contributed by atoms with Gasteiger partial charge < -0.3 is 20.8 Å². The van der Waals surface area contributed by atoms with Crippen molar-refractivity contribution >= 4 is 12.0 Å². The molecule has 0 unspecified atom stereocenters.